The summed E-state index contributed by atoms with van der Waals surface area (Å²) < 4.78 is 0. The highest BCUT2D eigenvalue weighted by Gasteiger charge is 1.93. The van der Waals surface area contributed by atoms with Crippen molar-refractivity contribution in [2.45, 2.75) is 89.9 Å². The third-order valence-corrected chi connectivity index (χ3v) is 3.71. The highest BCUT2D eigenvalue weighted by Crippen LogP contribution is 2.13. The highest BCUT2D eigenvalue weighted by molar-refractivity contribution is 4.65. The number of unbranched alkanes of at least 4 members (excludes halogenated alkanes) is 13. The Morgan fingerprint density at radius 1 is 0.632 bits per heavy atom. The van der Waals surface area contributed by atoms with Gasteiger partial charge in [0.15, 0.2) is 0 Å². The van der Waals surface area contributed by atoms with E-state index in [4.69, 9.17) is 0 Å². The molecule has 1 nitrogen and oxygen atoms in total. The predicted octanol–water partition coefficient (Wildman–Crippen LogP) is 6.01. The van der Waals surface area contributed by atoms with E-state index in [-0.39, 0.29) is 0 Å². The SMILES string of the molecule is C=CCCCCCCCCCCCCCC[CH]NC. The fraction of sp³-hybridized carbons (Fsp3) is 0.833. The molecule has 19 heavy (non-hydrogen) atoms. The molecule has 1 N–H and O–H groups in total. The van der Waals surface area contributed by atoms with Crippen LogP contribution in [0.4, 0.5) is 0 Å². The fourth-order valence-corrected chi connectivity index (χ4v) is 2.45. The molecule has 0 aliphatic rings. The molecule has 113 valence electrons. The first-order valence-electron chi connectivity index (χ1n) is 8.51. The molecular weight excluding hydrogens is 230 g/mol. The van der Waals surface area contributed by atoms with Crippen molar-refractivity contribution >= 4 is 0 Å². The molecular formula is C18H36N. The molecule has 0 aliphatic carbocycles. The van der Waals surface area contributed by atoms with Crippen LogP contribution in [0.5, 0.6) is 0 Å². The summed E-state index contributed by atoms with van der Waals surface area (Å²) in [5.74, 6) is 0. The first-order valence-corrected chi connectivity index (χ1v) is 8.51. The summed E-state index contributed by atoms with van der Waals surface area (Å²) in [6, 6.07) is 0. The van der Waals surface area contributed by atoms with Crippen LogP contribution in [0.25, 0.3) is 0 Å². The minimum atomic E-state index is 1.20. The molecule has 0 rings (SSSR count). The molecule has 0 heterocycles. The fourth-order valence-electron chi connectivity index (χ4n) is 2.45. The molecule has 0 aromatic carbocycles. The van der Waals surface area contributed by atoms with Gasteiger partial charge in [0.25, 0.3) is 0 Å². The zero-order valence-corrected chi connectivity index (χ0v) is 13.3. The average molecular weight is 266 g/mol. The van der Waals surface area contributed by atoms with Crippen LogP contribution in [-0.2, 0) is 0 Å². The quantitative estimate of drug-likeness (QED) is 0.266. The molecule has 0 aliphatic heterocycles. The second-order valence-electron chi connectivity index (χ2n) is 5.60. The molecule has 0 unspecified atom stereocenters. The lowest BCUT2D eigenvalue weighted by Gasteiger charge is -2.03. The topological polar surface area (TPSA) is 12.0 Å². The number of nitrogens with one attached hydrogen (secondary N) is 1. The maximum Gasteiger partial charge on any atom is 0.0218 e. The molecule has 0 bridgehead atoms. The van der Waals surface area contributed by atoms with Gasteiger partial charge in [-0.05, 0) is 26.3 Å². The smallest absolute Gasteiger partial charge is 0.0218 e. The Hall–Kier alpha value is -0.300. The van der Waals surface area contributed by atoms with E-state index in [0.717, 1.165) is 0 Å². The van der Waals surface area contributed by atoms with Gasteiger partial charge >= 0.3 is 0 Å². The summed E-state index contributed by atoms with van der Waals surface area (Å²) in [6.07, 6.45) is 21.5. The van der Waals surface area contributed by atoms with E-state index in [9.17, 15) is 0 Å². The van der Waals surface area contributed by atoms with Crippen LogP contribution in [0.3, 0.4) is 0 Å². The lowest BCUT2D eigenvalue weighted by Crippen LogP contribution is -1.99. The first kappa shape index (κ1) is 18.7. The number of hydrogen-bond donors (Lipinski definition) is 1. The van der Waals surface area contributed by atoms with E-state index >= 15 is 0 Å². The molecule has 0 aromatic heterocycles. The van der Waals surface area contributed by atoms with Crippen LogP contribution in [0, 0.1) is 6.54 Å². The molecule has 0 saturated carbocycles. The summed E-state index contributed by atoms with van der Waals surface area (Å²) in [6.45, 7) is 5.92. The Bertz CT molecular complexity index is 165. The van der Waals surface area contributed by atoms with Crippen molar-refractivity contribution in [2.24, 2.45) is 0 Å². The minimum absolute atomic E-state index is 1.20. The predicted molar refractivity (Wildman–Crippen MR) is 88.2 cm³/mol. The number of allylic oxidation sites excluding steroid dienone is 1. The Kier molecular flexibility index (Phi) is 17.4. The Balaban J connectivity index is 2.89. The Morgan fingerprint density at radius 3 is 1.37 bits per heavy atom. The van der Waals surface area contributed by atoms with Crippen molar-refractivity contribution in [1.29, 1.82) is 0 Å². The standard InChI is InChI=1S/C18H36N/c1-3-4-5-6-7-8-9-10-11-12-13-14-15-16-17-18-19-2/h3,18-19H,1,4-17H2,2H3. The van der Waals surface area contributed by atoms with E-state index in [1.165, 1.54) is 89.9 Å². The van der Waals surface area contributed by atoms with Crippen LogP contribution >= 0.6 is 0 Å². The largest absolute Gasteiger partial charge is 0.315 e. The number of rotatable bonds is 16. The third kappa shape index (κ3) is 17.7. The van der Waals surface area contributed by atoms with Crippen LogP contribution in [0.1, 0.15) is 89.9 Å². The monoisotopic (exact) mass is 266 g/mol. The zero-order valence-electron chi connectivity index (χ0n) is 13.3. The first-order chi connectivity index (χ1) is 9.41. The van der Waals surface area contributed by atoms with Crippen LogP contribution < -0.4 is 5.32 Å². The van der Waals surface area contributed by atoms with Crippen molar-refractivity contribution in [2.75, 3.05) is 7.05 Å². The second-order valence-corrected chi connectivity index (χ2v) is 5.60. The van der Waals surface area contributed by atoms with Crippen molar-refractivity contribution < 1.29 is 0 Å². The van der Waals surface area contributed by atoms with Gasteiger partial charge in [-0.1, -0.05) is 76.7 Å². The average Bonchev–Trinajstić information content (AvgIpc) is 2.43. The molecule has 0 atom stereocenters. The van der Waals surface area contributed by atoms with Gasteiger partial charge in [-0.25, -0.2) is 0 Å². The van der Waals surface area contributed by atoms with E-state index < -0.39 is 0 Å². The van der Waals surface area contributed by atoms with Crippen molar-refractivity contribution in [3.05, 3.63) is 19.2 Å². The molecule has 0 spiro atoms. The van der Waals surface area contributed by atoms with E-state index in [1.54, 1.807) is 0 Å². The lowest BCUT2D eigenvalue weighted by molar-refractivity contribution is 0.539. The normalized spacial score (nSPS) is 10.8. The Labute approximate surface area is 122 Å². The summed E-state index contributed by atoms with van der Waals surface area (Å²) in [5, 5.41) is 3.08. The second kappa shape index (κ2) is 17.7. The minimum Gasteiger partial charge on any atom is -0.315 e. The lowest BCUT2D eigenvalue weighted by atomic mass is 10.0. The zero-order chi connectivity index (χ0) is 14.0. The van der Waals surface area contributed by atoms with Gasteiger partial charge in [-0.3, -0.25) is 0 Å². The maximum atomic E-state index is 3.76. The van der Waals surface area contributed by atoms with Crippen molar-refractivity contribution in [1.82, 2.24) is 5.32 Å². The van der Waals surface area contributed by atoms with Crippen molar-refractivity contribution in [3.8, 4) is 0 Å². The van der Waals surface area contributed by atoms with Gasteiger partial charge in [-0.2, -0.15) is 0 Å². The van der Waals surface area contributed by atoms with Gasteiger partial charge in [0.05, 0.1) is 0 Å². The third-order valence-electron chi connectivity index (χ3n) is 3.71. The van der Waals surface area contributed by atoms with Gasteiger partial charge < -0.3 is 5.32 Å². The molecule has 0 fully saturated rings. The van der Waals surface area contributed by atoms with Gasteiger partial charge in [0, 0.05) is 6.54 Å². The molecule has 1 radical (unpaired) electrons. The molecule has 1 heteroatoms. The summed E-state index contributed by atoms with van der Waals surface area (Å²) in [5.41, 5.74) is 0. The van der Waals surface area contributed by atoms with Crippen LogP contribution in [0.2, 0.25) is 0 Å². The van der Waals surface area contributed by atoms with E-state index in [1.807, 2.05) is 13.1 Å². The van der Waals surface area contributed by atoms with Crippen LogP contribution in [-0.4, -0.2) is 7.05 Å². The van der Waals surface area contributed by atoms with Crippen molar-refractivity contribution in [3.63, 3.8) is 0 Å². The maximum absolute atomic E-state index is 3.76. The van der Waals surface area contributed by atoms with Crippen LogP contribution in [0.15, 0.2) is 12.7 Å². The molecule has 0 amide bonds. The summed E-state index contributed by atoms with van der Waals surface area (Å²) in [7, 11) is 1.99. The summed E-state index contributed by atoms with van der Waals surface area (Å²) >= 11 is 0. The Morgan fingerprint density at radius 2 is 1.00 bits per heavy atom. The highest BCUT2D eigenvalue weighted by atomic mass is 14.8. The molecule has 0 aromatic rings. The summed E-state index contributed by atoms with van der Waals surface area (Å²) in [4.78, 5) is 0. The van der Waals surface area contributed by atoms with E-state index in [2.05, 4.69) is 18.4 Å². The van der Waals surface area contributed by atoms with Gasteiger partial charge in [-0.15, -0.1) is 6.58 Å². The van der Waals surface area contributed by atoms with Gasteiger partial charge in [0.1, 0.15) is 0 Å². The number of hydrogen-bond acceptors (Lipinski definition) is 1. The van der Waals surface area contributed by atoms with E-state index in [0.29, 0.717) is 0 Å². The van der Waals surface area contributed by atoms with Gasteiger partial charge in [0.2, 0.25) is 0 Å². The molecule has 0 saturated heterocycles.